The molecule has 1 aliphatic heterocycles. The van der Waals surface area contributed by atoms with Crippen LogP contribution in [0.1, 0.15) is 49.7 Å². The number of hydrogen-bond acceptors (Lipinski definition) is 3. The zero-order chi connectivity index (χ0) is 21.7. The van der Waals surface area contributed by atoms with Crippen molar-refractivity contribution in [1.29, 1.82) is 0 Å². The number of rotatable bonds is 6. The minimum absolute atomic E-state index is 0.0264. The van der Waals surface area contributed by atoms with Crippen molar-refractivity contribution in [2.75, 3.05) is 18.5 Å². The third-order valence-electron chi connectivity index (χ3n) is 6.55. The molecule has 0 radical (unpaired) electrons. The first-order valence-electron chi connectivity index (χ1n) is 11.1. The molecule has 2 fully saturated rings. The van der Waals surface area contributed by atoms with Gasteiger partial charge in [0.05, 0.1) is 5.41 Å². The standard InChI is InChI=1S/C25H29BrN2O3/c26-21-10-8-20(9-11-21)25(12-14-31-15-13-25)24(30)27-17-18-4-3-7-22(16-18)28-23(29)19-5-1-2-6-19/h3-4,7-11,16,19H,1-2,5-6,12-15,17H2,(H,27,30)(H,28,29). The molecule has 4 rings (SSSR count). The van der Waals surface area contributed by atoms with Crippen LogP contribution >= 0.6 is 15.9 Å². The van der Waals surface area contributed by atoms with Crippen LogP contribution in [-0.4, -0.2) is 25.0 Å². The minimum Gasteiger partial charge on any atom is -0.381 e. The van der Waals surface area contributed by atoms with Crippen molar-refractivity contribution in [3.8, 4) is 0 Å². The number of hydrogen-bond donors (Lipinski definition) is 2. The van der Waals surface area contributed by atoms with Crippen molar-refractivity contribution in [1.82, 2.24) is 5.32 Å². The van der Waals surface area contributed by atoms with Gasteiger partial charge in [-0.25, -0.2) is 0 Å². The Morgan fingerprint density at radius 1 is 1.03 bits per heavy atom. The van der Waals surface area contributed by atoms with E-state index in [9.17, 15) is 9.59 Å². The van der Waals surface area contributed by atoms with Crippen LogP contribution in [0.15, 0.2) is 53.0 Å². The number of carbonyl (C=O) groups is 2. The normalized spacial score (nSPS) is 18.5. The van der Waals surface area contributed by atoms with Crippen LogP contribution in [0.4, 0.5) is 5.69 Å². The quantitative estimate of drug-likeness (QED) is 0.609. The number of nitrogens with one attached hydrogen (secondary N) is 2. The summed E-state index contributed by atoms with van der Waals surface area (Å²) in [5, 5.41) is 6.18. The van der Waals surface area contributed by atoms with Gasteiger partial charge in [0.2, 0.25) is 11.8 Å². The highest BCUT2D eigenvalue weighted by molar-refractivity contribution is 9.10. The maximum Gasteiger partial charge on any atom is 0.231 e. The van der Waals surface area contributed by atoms with Crippen LogP contribution in [0.25, 0.3) is 0 Å². The lowest BCUT2D eigenvalue weighted by Crippen LogP contribution is -2.47. The highest BCUT2D eigenvalue weighted by Crippen LogP contribution is 2.36. The molecule has 31 heavy (non-hydrogen) atoms. The van der Waals surface area contributed by atoms with E-state index in [2.05, 4.69) is 26.6 Å². The van der Waals surface area contributed by atoms with Crippen molar-refractivity contribution in [3.05, 3.63) is 64.1 Å². The van der Waals surface area contributed by atoms with Crippen LogP contribution in [-0.2, 0) is 26.3 Å². The van der Waals surface area contributed by atoms with Gasteiger partial charge in [-0.2, -0.15) is 0 Å². The summed E-state index contributed by atoms with van der Waals surface area (Å²) in [4.78, 5) is 25.8. The topological polar surface area (TPSA) is 67.4 Å². The Bertz CT molecular complexity index is 917. The molecule has 1 saturated heterocycles. The lowest BCUT2D eigenvalue weighted by atomic mass is 9.73. The monoisotopic (exact) mass is 484 g/mol. The van der Waals surface area contributed by atoms with Crippen molar-refractivity contribution in [2.24, 2.45) is 5.92 Å². The number of benzene rings is 2. The van der Waals surface area contributed by atoms with Crippen LogP contribution in [0.3, 0.4) is 0 Å². The molecule has 5 nitrogen and oxygen atoms in total. The van der Waals surface area contributed by atoms with E-state index in [0.717, 1.165) is 47.0 Å². The highest BCUT2D eigenvalue weighted by atomic mass is 79.9. The number of carbonyl (C=O) groups excluding carboxylic acids is 2. The van der Waals surface area contributed by atoms with E-state index in [1.807, 2.05) is 48.5 Å². The SMILES string of the molecule is O=C(Nc1cccc(CNC(=O)C2(c3ccc(Br)cc3)CCOCC2)c1)C1CCCC1. The van der Waals surface area contributed by atoms with Gasteiger partial charge in [-0.3, -0.25) is 9.59 Å². The molecule has 2 aromatic rings. The first-order valence-corrected chi connectivity index (χ1v) is 11.9. The zero-order valence-electron chi connectivity index (χ0n) is 17.7. The van der Waals surface area contributed by atoms with Gasteiger partial charge < -0.3 is 15.4 Å². The lowest BCUT2D eigenvalue weighted by molar-refractivity contribution is -0.130. The van der Waals surface area contributed by atoms with Gasteiger partial charge in [0.1, 0.15) is 0 Å². The summed E-state index contributed by atoms with van der Waals surface area (Å²) in [5.41, 5.74) is 2.20. The Kier molecular flexibility index (Phi) is 7.08. The number of halogens is 1. The zero-order valence-corrected chi connectivity index (χ0v) is 19.2. The highest BCUT2D eigenvalue weighted by Gasteiger charge is 2.41. The molecular weight excluding hydrogens is 456 g/mol. The number of anilines is 1. The Balaban J connectivity index is 1.43. The molecule has 2 aliphatic rings. The third kappa shape index (κ3) is 5.18. The van der Waals surface area contributed by atoms with Gasteiger partial charge in [-0.05, 0) is 61.1 Å². The van der Waals surface area contributed by atoms with Gasteiger partial charge in [0.15, 0.2) is 0 Å². The van der Waals surface area contributed by atoms with Crippen LogP contribution in [0, 0.1) is 5.92 Å². The summed E-state index contributed by atoms with van der Waals surface area (Å²) in [6.45, 7) is 1.57. The number of ether oxygens (including phenoxy) is 1. The van der Waals surface area contributed by atoms with Gasteiger partial charge in [-0.15, -0.1) is 0 Å². The van der Waals surface area contributed by atoms with Gasteiger partial charge in [-0.1, -0.05) is 53.0 Å². The fourth-order valence-corrected chi connectivity index (χ4v) is 4.94. The first-order chi connectivity index (χ1) is 15.1. The molecule has 1 saturated carbocycles. The molecule has 2 N–H and O–H groups in total. The molecule has 0 atom stereocenters. The second-order valence-electron chi connectivity index (χ2n) is 8.56. The van der Waals surface area contributed by atoms with E-state index in [-0.39, 0.29) is 17.7 Å². The summed E-state index contributed by atoms with van der Waals surface area (Å²) >= 11 is 3.48. The average Bonchev–Trinajstić information content (AvgIpc) is 3.34. The first kappa shape index (κ1) is 22.0. The minimum atomic E-state index is -0.576. The van der Waals surface area contributed by atoms with Crippen molar-refractivity contribution in [3.63, 3.8) is 0 Å². The summed E-state index contributed by atoms with van der Waals surface area (Å²) in [6.07, 6.45) is 5.55. The molecule has 0 bridgehead atoms. The van der Waals surface area contributed by atoms with Crippen molar-refractivity contribution >= 4 is 33.4 Å². The maximum atomic E-state index is 13.4. The van der Waals surface area contributed by atoms with E-state index < -0.39 is 5.41 Å². The molecule has 2 aromatic carbocycles. The molecule has 0 unspecified atom stereocenters. The molecule has 0 aromatic heterocycles. The second-order valence-corrected chi connectivity index (χ2v) is 9.47. The van der Waals surface area contributed by atoms with Crippen LogP contribution in [0.5, 0.6) is 0 Å². The molecule has 6 heteroatoms. The summed E-state index contributed by atoms with van der Waals surface area (Å²) < 4.78 is 6.54. The molecule has 2 amide bonds. The fourth-order valence-electron chi connectivity index (χ4n) is 4.68. The molecule has 164 valence electrons. The summed E-state index contributed by atoms with van der Waals surface area (Å²) in [7, 11) is 0. The Morgan fingerprint density at radius 3 is 2.45 bits per heavy atom. The maximum absolute atomic E-state index is 13.4. The average molecular weight is 485 g/mol. The fraction of sp³-hybridized carbons (Fsp3) is 0.440. The second kappa shape index (κ2) is 9.96. The van der Waals surface area contributed by atoms with E-state index in [4.69, 9.17) is 4.74 Å². The van der Waals surface area contributed by atoms with Crippen molar-refractivity contribution < 1.29 is 14.3 Å². The van der Waals surface area contributed by atoms with Crippen LogP contribution in [0.2, 0.25) is 0 Å². The Labute approximate surface area is 192 Å². The van der Waals surface area contributed by atoms with Gasteiger partial charge >= 0.3 is 0 Å². The molecule has 0 spiro atoms. The molecule has 1 heterocycles. The summed E-state index contributed by atoms with van der Waals surface area (Å²) in [5.74, 6) is 0.260. The van der Waals surface area contributed by atoms with E-state index in [0.29, 0.717) is 32.6 Å². The lowest BCUT2D eigenvalue weighted by Gasteiger charge is -2.36. The van der Waals surface area contributed by atoms with Gasteiger partial charge in [0.25, 0.3) is 0 Å². The third-order valence-corrected chi connectivity index (χ3v) is 7.08. The molecule has 1 aliphatic carbocycles. The molecular formula is C25H29BrN2O3. The Morgan fingerprint density at radius 2 is 1.74 bits per heavy atom. The van der Waals surface area contributed by atoms with Crippen molar-refractivity contribution in [2.45, 2.75) is 50.5 Å². The van der Waals surface area contributed by atoms with Gasteiger partial charge in [0, 0.05) is 35.8 Å². The summed E-state index contributed by atoms with van der Waals surface area (Å²) in [6, 6.07) is 15.8. The predicted molar refractivity (Wildman–Crippen MR) is 125 cm³/mol. The predicted octanol–water partition coefficient (Wildman–Crippen LogP) is 4.94. The largest absolute Gasteiger partial charge is 0.381 e. The van der Waals surface area contributed by atoms with E-state index in [1.54, 1.807) is 0 Å². The number of amides is 2. The van der Waals surface area contributed by atoms with E-state index >= 15 is 0 Å². The van der Waals surface area contributed by atoms with E-state index in [1.165, 1.54) is 0 Å². The Hall–Kier alpha value is -2.18. The van der Waals surface area contributed by atoms with Crippen LogP contribution < -0.4 is 10.6 Å². The smallest absolute Gasteiger partial charge is 0.231 e.